The Bertz CT molecular complexity index is 467. The van der Waals surface area contributed by atoms with E-state index in [1.54, 1.807) is 0 Å². The highest BCUT2D eigenvalue weighted by Gasteiger charge is 2.35. The van der Waals surface area contributed by atoms with Crippen LogP contribution in [0.3, 0.4) is 0 Å². The maximum atomic E-state index is 12.7. The molecule has 6 heteroatoms. The molecule has 0 heterocycles. The summed E-state index contributed by atoms with van der Waals surface area (Å²) in [6, 6.07) is 4.70. The standard InChI is InChI=1S/C13H14F3NO2/c14-13(15,16)11-4-2-1-3-10(11)12(19)17-7-8-5-9(18)6-8/h1-4,8-9,18H,5-7H2,(H,17,19). The molecule has 0 spiro atoms. The van der Waals surface area contributed by atoms with Gasteiger partial charge in [-0.3, -0.25) is 4.79 Å². The molecule has 0 bridgehead atoms. The van der Waals surface area contributed by atoms with E-state index < -0.39 is 17.6 Å². The third-order valence-electron chi connectivity index (χ3n) is 3.24. The van der Waals surface area contributed by atoms with E-state index in [9.17, 15) is 18.0 Å². The molecule has 2 N–H and O–H groups in total. The molecule has 0 radical (unpaired) electrons. The highest BCUT2D eigenvalue weighted by atomic mass is 19.4. The van der Waals surface area contributed by atoms with Gasteiger partial charge in [-0.15, -0.1) is 0 Å². The van der Waals surface area contributed by atoms with Crippen molar-refractivity contribution < 1.29 is 23.1 Å². The van der Waals surface area contributed by atoms with Crippen LogP contribution in [0.1, 0.15) is 28.8 Å². The predicted octanol–water partition coefficient (Wildman–Crippen LogP) is 2.21. The number of aliphatic hydroxyl groups excluding tert-OH is 1. The fraction of sp³-hybridized carbons (Fsp3) is 0.462. The molecule has 0 aromatic heterocycles. The van der Waals surface area contributed by atoms with Crippen molar-refractivity contribution in [3.05, 3.63) is 35.4 Å². The first-order valence-electron chi connectivity index (χ1n) is 6.00. The van der Waals surface area contributed by atoms with Crippen LogP contribution in [-0.4, -0.2) is 23.7 Å². The fourth-order valence-corrected chi connectivity index (χ4v) is 2.13. The van der Waals surface area contributed by atoms with Crippen molar-refractivity contribution >= 4 is 5.91 Å². The minimum Gasteiger partial charge on any atom is -0.393 e. The molecule has 2 rings (SSSR count). The van der Waals surface area contributed by atoms with Crippen LogP contribution in [0, 0.1) is 5.92 Å². The number of hydrogen-bond donors (Lipinski definition) is 2. The zero-order chi connectivity index (χ0) is 14.0. The van der Waals surface area contributed by atoms with Gasteiger partial charge in [0.15, 0.2) is 0 Å². The number of amides is 1. The molecule has 1 saturated carbocycles. The lowest BCUT2D eigenvalue weighted by molar-refractivity contribution is -0.137. The molecule has 104 valence electrons. The Morgan fingerprint density at radius 3 is 2.53 bits per heavy atom. The summed E-state index contributed by atoms with van der Waals surface area (Å²) in [5, 5.41) is 11.6. The predicted molar refractivity (Wildman–Crippen MR) is 62.5 cm³/mol. The molecule has 0 atom stereocenters. The quantitative estimate of drug-likeness (QED) is 0.887. The summed E-state index contributed by atoms with van der Waals surface area (Å²) in [5.41, 5.74) is -1.30. The van der Waals surface area contributed by atoms with Gasteiger partial charge in [-0.05, 0) is 30.9 Å². The molecule has 0 aliphatic heterocycles. The maximum Gasteiger partial charge on any atom is 0.417 e. The van der Waals surface area contributed by atoms with E-state index in [0.29, 0.717) is 19.4 Å². The molecule has 0 unspecified atom stereocenters. The van der Waals surface area contributed by atoms with Crippen LogP contribution in [-0.2, 0) is 6.18 Å². The minimum atomic E-state index is -4.54. The molecule has 1 aromatic rings. The van der Waals surface area contributed by atoms with Gasteiger partial charge in [0.05, 0.1) is 17.2 Å². The molecule has 1 aliphatic rings. The average molecular weight is 273 g/mol. The van der Waals surface area contributed by atoms with Crippen LogP contribution in [0.25, 0.3) is 0 Å². The molecule has 1 aromatic carbocycles. The zero-order valence-corrected chi connectivity index (χ0v) is 10.1. The Kier molecular flexibility index (Phi) is 3.80. The van der Waals surface area contributed by atoms with E-state index in [2.05, 4.69) is 5.32 Å². The maximum absolute atomic E-state index is 12.7. The summed E-state index contributed by atoms with van der Waals surface area (Å²) in [4.78, 5) is 11.8. The van der Waals surface area contributed by atoms with Crippen molar-refractivity contribution in [2.45, 2.75) is 25.1 Å². The fourth-order valence-electron chi connectivity index (χ4n) is 2.13. The smallest absolute Gasteiger partial charge is 0.393 e. The van der Waals surface area contributed by atoms with Crippen molar-refractivity contribution in [1.82, 2.24) is 5.32 Å². The Labute approximate surface area is 108 Å². The third-order valence-corrected chi connectivity index (χ3v) is 3.24. The lowest BCUT2D eigenvalue weighted by Gasteiger charge is -2.31. The number of nitrogens with one attached hydrogen (secondary N) is 1. The largest absolute Gasteiger partial charge is 0.417 e. The number of rotatable bonds is 3. The molecular weight excluding hydrogens is 259 g/mol. The zero-order valence-electron chi connectivity index (χ0n) is 10.1. The van der Waals surface area contributed by atoms with Gasteiger partial charge in [0.1, 0.15) is 0 Å². The first-order valence-corrected chi connectivity index (χ1v) is 6.00. The second kappa shape index (κ2) is 5.21. The Hall–Kier alpha value is -1.56. The minimum absolute atomic E-state index is 0.150. The first-order chi connectivity index (χ1) is 8.88. The average Bonchev–Trinajstić information content (AvgIpc) is 2.32. The van der Waals surface area contributed by atoms with Gasteiger partial charge in [-0.1, -0.05) is 12.1 Å². The van der Waals surface area contributed by atoms with Gasteiger partial charge in [-0.25, -0.2) is 0 Å². The van der Waals surface area contributed by atoms with Crippen LogP contribution >= 0.6 is 0 Å². The van der Waals surface area contributed by atoms with Crippen molar-refractivity contribution in [2.24, 2.45) is 5.92 Å². The molecule has 1 fully saturated rings. The molecular formula is C13H14F3NO2. The SMILES string of the molecule is O=C(NCC1CC(O)C1)c1ccccc1C(F)(F)F. The molecule has 1 amide bonds. The Morgan fingerprint density at radius 2 is 1.95 bits per heavy atom. The summed E-state index contributed by atoms with van der Waals surface area (Å²) < 4.78 is 38.2. The van der Waals surface area contributed by atoms with E-state index in [0.717, 1.165) is 12.1 Å². The number of carbonyl (C=O) groups excluding carboxylic acids is 1. The van der Waals surface area contributed by atoms with Gasteiger partial charge in [0.2, 0.25) is 0 Å². The number of hydrogen-bond acceptors (Lipinski definition) is 2. The summed E-state index contributed by atoms with van der Waals surface area (Å²) in [7, 11) is 0. The monoisotopic (exact) mass is 273 g/mol. The van der Waals surface area contributed by atoms with Gasteiger partial charge >= 0.3 is 6.18 Å². The number of aliphatic hydroxyl groups is 1. The Morgan fingerprint density at radius 1 is 1.32 bits per heavy atom. The number of halogens is 3. The van der Waals surface area contributed by atoms with Crippen molar-refractivity contribution in [1.29, 1.82) is 0 Å². The summed E-state index contributed by atoms with van der Waals surface area (Å²) >= 11 is 0. The van der Waals surface area contributed by atoms with E-state index in [1.165, 1.54) is 12.1 Å². The lowest BCUT2D eigenvalue weighted by atomic mass is 9.82. The van der Waals surface area contributed by atoms with Gasteiger partial charge < -0.3 is 10.4 Å². The van der Waals surface area contributed by atoms with E-state index in [1.807, 2.05) is 0 Å². The third kappa shape index (κ3) is 3.26. The van der Waals surface area contributed by atoms with Crippen LogP contribution < -0.4 is 5.32 Å². The summed E-state index contributed by atoms with van der Waals surface area (Å²) in [6.45, 7) is 0.294. The highest BCUT2D eigenvalue weighted by molar-refractivity contribution is 5.95. The number of benzene rings is 1. The van der Waals surface area contributed by atoms with Crippen LogP contribution in [0.4, 0.5) is 13.2 Å². The topological polar surface area (TPSA) is 49.3 Å². The first kappa shape index (κ1) is 13.9. The van der Waals surface area contributed by atoms with Crippen LogP contribution in [0.5, 0.6) is 0 Å². The van der Waals surface area contributed by atoms with Crippen LogP contribution in [0.15, 0.2) is 24.3 Å². The highest BCUT2D eigenvalue weighted by Crippen LogP contribution is 2.32. The van der Waals surface area contributed by atoms with Gasteiger partial charge in [-0.2, -0.15) is 13.2 Å². The second-order valence-corrected chi connectivity index (χ2v) is 4.74. The lowest BCUT2D eigenvalue weighted by Crippen LogP contribution is -2.38. The molecule has 19 heavy (non-hydrogen) atoms. The van der Waals surface area contributed by atoms with E-state index >= 15 is 0 Å². The molecule has 3 nitrogen and oxygen atoms in total. The van der Waals surface area contributed by atoms with Gasteiger partial charge in [0, 0.05) is 6.54 Å². The van der Waals surface area contributed by atoms with Gasteiger partial charge in [0.25, 0.3) is 5.91 Å². The number of carbonyl (C=O) groups is 1. The van der Waals surface area contributed by atoms with E-state index in [-0.39, 0.29) is 17.6 Å². The number of alkyl halides is 3. The second-order valence-electron chi connectivity index (χ2n) is 4.74. The molecule has 0 saturated heterocycles. The normalized spacial score (nSPS) is 22.7. The van der Waals surface area contributed by atoms with Crippen molar-refractivity contribution in [2.75, 3.05) is 6.54 Å². The summed E-state index contributed by atoms with van der Waals surface area (Å²) in [5.74, 6) is -0.577. The summed E-state index contributed by atoms with van der Waals surface area (Å²) in [6.07, 6.45) is -3.72. The van der Waals surface area contributed by atoms with Crippen molar-refractivity contribution in [3.8, 4) is 0 Å². The molecule has 1 aliphatic carbocycles. The Balaban J connectivity index is 2.02. The van der Waals surface area contributed by atoms with Crippen molar-refractivity contribution in [3.63, 3.8) is 0 Å². The van der Waals surface area contributed by atoms with E-state index in [4.69, 9.17) is 5.11 Å². The van der Waals surface area contributed by atoms with Crippen LogP contribution in [0.2, 0.25) is 0 Å².